The van der Waals surface area contributed by atoms with E-state index in [1.165, 1.54) is 0 Å². The predicted molar refractivity (Wildman–Crippen MR) is 38.5 cm³/mol. The maximum atomic E-state index is 10.1. The smallest absolute Gasteiger partial charge is 0.0720 e. The number of rotatable bonds is 4. The van der Waals surface area contributed by atoms with E-state index in [9.17, 15) is 4.79 Å². The van der Waals surface area contributed by atoms with Crippen molar-refractivity contribution < 1.29 is 42.6 Å². The third kappa shape index (κ3) is 10.5. The van der Waals surface area contributed by atoms with E-state index in [1.807, 2.05) is 0 Å². The van der Waals surface area contributed by atoms with Crippen molar-refractivity contribution in [3.8, 4) is 0 Å². The Morgan fingerprint density at radius 3 is 2.36 bits per heavy atom. The number of carbonyl (C=O) groups excluding carboxylic acids is 1. The van der Waals surface area contributed by atoms with Crippen LogP contribution in [0.2, 0.25) is 0 Å². The number of likely N-dealkylation sites (N-methyl/N-ethyl adjacent to an activating group) is 1. The van der Waals surface area contributed by atoms with Gasteiger partial charge in [-0.1, -0.05) is 0 Å². The minimum atomic E-state index is -0.714. The number of aliphatic hydroxyl groups excluding tert-OH is 1. The standard InChI is InChI=1S/C6H14N2O2.Y/c1-8(2)4-5(9)3-6(7)10;/h5,9H,3-4H2,1-2H3,(H2,7,10);/p-1. The molecule has 5 heteroatoms. The number of hydrogen-bond acceptors (Lipinski definition) is 3. The molecular weight excluding hydrogens is 221 g/mol. The van der Waals surface area contributed by atoms with Crippen LogP contribution in [-0.4, -0.2) is 42.7 Å². The Labute approximate surface area is 92.0 Å². The molecule has 0 aliphatic heterocycles. The predicted octanol–water partition coefficient (Wildman–Crippen LogP) is -0.125. The van der Waals surface area contributed by atoms with Crippen molar-refractivity contribution in [2.75, 3.05) is 20.6 Å². The van der Waals surface area contributed by atoms with E-state index in [0.717, 1.165) is 0 Å². The molecule has 0 aliphatic rings. The van der Waals surface area contributed by atoms with Crippen LogP contribution in [0.3, 0.4) is 0 Å². The normalized spacial score (nSPS) is 12.4. The van der Waals surface area contributed by atoms with E-state index < -0.39 is 12.0 Å². The Bertz CT molecular complexity index is 119. The first kappa shape index (κ1) is 14.0. The van der Waals surface area contributed by atoms with Crippen LogP contribution in [0.5, 0.6) is 0 Å². The molecule has 63 valence electrons. The molecule has 0 aromatic rings. The minimum absolute atomic E-state index is 0. The summed E-state index contributed by atoms with van der Waals surface area (Å²) in [6.07, 6.45) is -0.766. The average Bonchev–Trinajstić information content (AvgIpc) is 1.58. The Morgan fingerprint density at radius 1 is 1.64 bits per heavy atom. The van der Waals surface area contributed by atoms with Gasteiger partial charge in [0.15, 0.2) is 0 Å². The Kier molecular flexibility index (Phi) is 9.14. The van der Waals surface area contributed by atoms with Crippen LogP contribution < -0.4 is 0 Å². The van der Waals surface area contributed by atoms with Crippen molar-refractivity contribution in [3.63, 3.8) is 0 Å². The fourth-order valence-corrected chi connectivity index (χ4v) is 0.700. The molecule has 0 aromatic carbocycles. The first-order chi connectivity index (χ1) is 4.52. The van der Waals surface area contributed by atoms with Crippen LogP contribution >= 0.6 is 0 Å². The molecule has 1 radical (unpaired) electrons. The third-order valence-corrected chi connectivity index (χ3v) is 0.997. The molecule has 1 amide bonds. The van der Waals surface area contributed by atoms with Crippen LogP contribution in [0.25, 0.3) is 5.73 Å². The summed E-state index contributed by atoms with van der Waals surface area (Å²) in [6.45, 7) is 0.435. The van der Waals surface area contributed by atoms with Gasteiger partial charge in [0.05, 0.1) is 12.0 Å². The molecule has 1 unspecified atom stereocenters. The van der Waals surface area contributed by atoms with E-state index in [4.69, 9.17) is 10.8 Å². The largest absolute Gasteiger partial charge is 0.668 e. The first-order valence-corrected chi connectivity index (χ1v) is 3.09. The van der Waals surface area contributed by atoms with Crippen LogP contribution in [0, 0.1) is 0 Å². The molecule has 2 N–H and O–H groups in total. The molecule has 0 saturated heterocycles. The van der Waals surface area contributed by atoms with E-state index in [1.54, 1.807) is 19.0 Å². The van der Waals surface area contributed by atoms with Gasteiger partial charge in [0.1, 0.15) is 0 Å². The molecule has 4 nitrogen and oxygen atoms in total. The van der Waals surface area contributed by atoms with Crippen LogP contribution in [0.15, 0.2) is 0 Å². The number of aliphatic hydroxyl groups is 1. The molecule has 0 spiro atoms. The fourth-order valence-electron chi connectivity index (χ4n) is 0.700. The fraction of sp³-hybridized carbons (Fsp3) is 0.833. The first-order valence-electron chi connectivity index (χ1n) is 3.09. The van der Waals surface area contributed by atoms with Crippen LogP contribution in [0.1, 0.15) is 6.42 Å². The second-order valence-corrected chi connectivity index (χ2v) is 2.54. The minimum Gasteiger partial charge on any atom is -0.668 e. The number of hydrogen-bond donors (Lipinski definition) is 1. The Balaban J connectivity index is 0. The van der Waals surface area contributed by atoms with Crippen molar-refractivity contribution in [2.45, 2.75) is 12.5 Å². The molecule has 0 aliphatic carbocycles. The second kappa shape index (κ2) is 7.16. The maximum absolute atomic E-state index is 10.1. The summed E-state index contributed by atoms with van der Waals surface area (Å²) in [5.41, 5.74) is 6.53. The van der Waals surface area contributed by atoms with E-state index in [-0.39, 0.29) is 39.1 Å². The van der Waals surface area contributed by atoms with E-state index in [2.05, 4.69) is 0 Å². The summed E-state index contributed by atoms with van der Waals surface area (Å²) in [4.78, 5) is 11.9. The molecule has 0 heterocycles. The topological polar surface area (TPSA) is 64.3 Å². The van der Waals surface area contributed by atoms with Gasteiger partial charge in [0.25, 0.3) is 0 Å². The monoisotopic (exact) mass is 234 g/mol. The zero-order valence-electron chi connectivity index (χ0n) is 6.87. The van der Waals surface area contributed by atoms with Crippen molar-refractivity contribution in [3.05, 3.63) is 5.73 Å². The zero-order chi connectivity index (χ0) is 8.15. The van der Waals surface area contributed by atoms with Gasteiger partial charge < -0.3 is 20.5 Å². The molecule has 0 rings (SSSR count). The summed E-state index contributed by atoms with van der Waals surface area (Å²) in [7, 11) is 3.61. The summed E-state index contributed by atoms with van der Waals surface area (Å²) in [6, 6.07) is 0. The van der Waals surface area contributed by atoms with Crippen LogP contribution in [0.4, 0.5) is 0 Å². The SMILES string of the molecule is CN(C)CC(O)CC([NH-])=O.[Y]. The van der Waals surface area contributed by atoms with Gasteiger partial charge >= 0.3 is 0 Å². The molecule has 11 heavy (non-hydrogen) atoms. The van der Waals surface area contributed by atoms with Crippen molar-refractivity contribution in [1.29, 1.82) is 0 Å². The molecular formula is C6H13N2O2Y-. The summed E-state index contributed by atoms with van der Waals surface area (Å²) in [5, 5.41) is 9.01. The van der Waals surface area contributed by atoms with Gasteiger partial charge in [0, 0.05) is 45.7 Å². The zero-order valence-corrected chi connectivity index (χ0v) is 9.71. The van der Waals surface area contributed by atoms with Gasteiger partial charge in [0.2, 0.25) is 0 Å². The van der Waals surface area contributed by atoms with Crippen LogP contribution in [-0.2, 0) is 37.5 Å². The van der Waals surface area contributed by atoms with Crippen molar-refractivity contribution >= 4 is 5.91 Å². The number of nitrogens with one attached hydrogen (secondary N) is 1. The van der Waals surface area contributed by atoms with E-state index in [0.29, 0.717) is 6.54 Å². The van der Waals surface area contributed by atoms with Crippen molar-refractivity contribution in [2.24, 2.45) is 0 Å². The molecule has 0 bridgehead atoms. The quantitative estimate of drug-likeness (QED) is 0.737. The third-order valence-electron chi connectivity index (χ3n) is 0.997. The number of nitrogens with zero attached hydrogens (tertiary/aromatic N) is 1. The molecule has 0 aromatic heterocycles. The van der Waals surface area contributed by atoms with Gasteiger partial charge in [-0.25, -0.2) is 0 Å². The molecule has 1 atom stereocenters. The van der Waals surface area contributed by atoms with Gasteiger partial charge in [-0.2, -0.15) is 0 Å². The Morgan fingerprint density at radius 2 is 2.09 bits per heavy atom. The molecule has 0 saturated carbocycles. The van der Waals surface area contributed by atoms with Gasteiger partial charge in [-0.15, -0.1) is 0 Å². The second-order valence-electron chi connectivity index (χ2n) is 2.54. The number of carbonyl (C=O) groups is 1. The summed E-state index contributed by atoms with van der Waals surface area (Å²) in [5.74, 6) is -0.714. The molecule has 0 fully saturated rings. The summed E-state index contributed by atoms with van der Waals surface area (Å²) >= 11 is 0. The van der Waals surface area contributed by atoms with Gasteiger partial charge in [-0.3, -0.25) is 0 Å². The Hall–Kier alpha value is 0.494. The number of amides is 1. The average molecular weight is 234 g/mol. The van der Waals surface area contributed by atoms with E-state index >= 15 is 0 Å². The summed E-state index contributed by atoms with van der Waals surface area (Å²) < 4.78 is 0. The van der Waals surface area contributed by atoms with Crippen molar-refractivity contribution in [1.82, 2.24) is 4.90 Å². The van der Waals surface area contributed by atoms with Gasteiger partial charge in [-0.05, 0) is 14.1 Å². The maximum Gasteiger partial charge on any atom is 0.0720 e.